The van der Waals surface area contributed by atoms with E-state index < -0.39 is 22.2 Å². The summed E-state index contributed by atoms with van der Waals surface area (Å²) in [6.07, 6.45) is 25.7. The van der Waals surface area contributed by atoms with Gasteiger partial charge in [0.1, 0.15) is 0 Å². The highest BCUT2D eigenvalue weighted by Crippen LogP contribution is 2.28. The summed E-state index contributed by atoms with van der Waals surface area (Å²) >= 11 is -2.87. The standard InChI is InChI=1S/C46H78N6O6S2/c1-6-8-10-12-14-16-18-20-22-24-30-57-59(55)32-26-28-43(53)47-39-34-38(45-49-42-37-41(46(3,4)5)50-52(42)51-45)35-40(36-39)48-44(54)29-27-33-60(56)58-31-25-23-21-19-17-15-13-11-9-7-2/h34-37,50H,6-33H2,1-5H3,(H,47,53)(H,48,54). The van der Waals surface area contributed by atoms with E-state index in [0.717, 1.165) is 31.4 Å². The van der Waals surface area contributed by atoms with E-state index >= 15 is 0 Å². The number of hydrogen-bond acceptors (Lipinski definition) is 8. The first-order chi connectivity index (χ1) is 29.0. The number of H-pyrrole nitrogens is 1. The molecule has 14 heteroatoms. The lowest BCUT2D eigenvalue weighted by Gasteiger charge is -2.14. The average molecular weight is 875 g/mol. The van der Waals surface area contributed by atoms with Gasteiger partial charge < -0.3 is 10.6 Å². The van der Waals surface area contributed by atoms with Crippen LogP contribution in [-0.4, -0.2) is 64.8 Å². The van der Waals surface area contributed by atoms with Crippen molar-refractivity contribution in [2.24, 2.45) is 0 Å². The molecule has 0 aliphatic heterocycles. The number of aromatic amines is 1. The van der Waals surface area contributed by atoms with Crippen molar-refractivity contribution in [3.05, 3.63) is 30.0 Å². The fraction of sp³-hybridized carbons (Fsp3) is 0.739. The molecule has 0 saturated heterocycles. The second-order valence-corrected chi connectivity index (χ2v) is 19.8. The Balaban J connectivity index is 1.44. The molecule has 0 fully saturated rings. The number of unbranched alkanes of at least 4 members (excludes halogenated alkanes) is 18. The first-order valence-electron chi connectivity index (χ1n) is 23.2. The highest BCUT2D eigenvalue weighted by molar-refractivity contribution is 7.80. The van der Waals surface area contributed by atoms with Gasteiger partial charge in [-0.2, -0.15) is 4.63 Å². The summed E-state index contributed by atoms with van der Waals surface area (Å²) in [6, 6.07) is 7.20. The summed E-state index contributed by atoms with van der Waals surface area (Å²) in [4.78, 5) is 30.8. The number of fused-ring (bicyclic) bond motifs is 1. The minimum Gasteiger partial charge on any atom is -0.326 e. The van der Waals surface area contributed by atoms with Gasteiger partial charge in [0.05, 0.1) is 24.7 Å². The van der Waals surface area contributed by atoms with E-state index in [1.165, 1.54) is 103 Å². The van der Waals surface area contributed by atoms with Crippen LogP contribution >= 0.6 is 0 Å². The minimum atomic E-state index is -1.44. The maximum absolute atomic E-state index is 13.0. The zero-order valence-electron chi connectivity index (χ0n) is 37.7. The first-order valence-corrected chi connectivity index (χ1v) is 25.7. The van der Waals surface area contributed by atoms with Crippen molar-refractivity contribution < 1.29 is 26.4 Å². The first kappa shape index (κ1) is 51.4. The third-order valence-corrected chi connectivity index (χ3v) is 12.7. The van der Waals surface area contributed by atoms with E-state index in [0.29, 0.717) is 54.5 Å². The molecule has 2 unspecified atom stereocenters. The fourth-order valence-corrected chi connectivity index (χ4v) is 8.53. The summed E-state index contributed by atoms with van der Waals surface area (Å²) < 4.78 is 37.5. The van der Waals surface area contributed by atoms with Crippen LogP contribution in [0.3, 0.4) is 0 Å². The molecule has 0 aliphatic carbocycles. The van der Waals surface area contributed by atoms with E-state index in [1.807, 2.05) is 6.07 Å². The number of rotatable bonds is 35. The molecule has 3 N–H and O–H groups in total. The Bertz CT molecular complexity index is 1600. The molecule has 0 saturated carbocycles. The topological polar surface area (TPSA) is 157 Å². The van der Waals surface area contributed by atoms with E-state index in [-0.39, 0.29) is 41.6 Å². The zero-order valence-corrected chi connectivity index (χ0v) is 39.3. The second kappa shape index (κ2) is 30.2. The number of nitrogens with zero attached hydrogens (tertiary/aromatic N) is 3. The third kappa shape index (κ3) is 22.2. The number of carbonyl (C=O) groups excluding carboxylic acids is 2. The molecule has 2 heterocycles. The van der Waals surface area contributed by atoms with Gasteiger partial charge in [-0.15, -0.1) is 5.10 Å². The second-order valence-electron chi connectivity index (χ2n) is 17.3. The van der Waals surface area contributed by atoms with Crippen LogP contribution in [0.1, 0.15) is 194 Å². The van der Waals surface area contributed by atoms with Gasteiger partial charge in [-0.05, 0) is 43.9 Å². The molecular formula is C46H78N6O6S2. The molecule has 0 bridgehead atoms. The maximum Gasteiger partial charge on any atom is 0.224 e. The average Bonchev–Trinajstić information content (AvgIpc) is 3.80. The smallest absolute Gasteiger partial charge is 0.224 e. The molecule has 340 valence electrons. The molecule has 2 atom stereocenters. The highest BCUT2D eigenvalue weighted by Gasteiger charge is 2.20. The van der Waals surface area contributed by atoms with Crippen LogP contribution in [0, 0.1) is 0 Å². The quantitative estimate of drug-likeness (QED) is 0.0493. The van der Waals surface area contributed by atoms with Gasteiger partial charge in [0.15, 0.2) is 33.6 Å². The molecule has 60 heavy (non-hydrogen) atoms. The lowest BCUT2D eigenvalue weighted by molar-refractivity contribution is -0.117. The predicted molar refractivity (Wildman–Crippen MR) is 249 cm³/mol. The van der Waals surface area contributed by atoms with Crippen molar-refractivity contribution in [1.82, 2.24) is 19.8 Å². The minimum absolute atomic E-state index is 0.110. The Hall–Kier alpha value is -2.94. The van der Waals surface area contributed by atoms with E-state index in [2.05, 4.69) is 55.4 Å². The molecule has 1 aromatic carbocycles. The van der Waals surface area contributed by atoms with Crippen molar-refractivity contribution in [2.75, 3.05) is 35.4 Å². The number of aromatic nitrogens is 4. The number of hydrogen-bond donors (Lipinski definition) is 3. The lowest BCUT2D eigenvalue weighted by atomic mass is 9.93. The van der Waals surface area contributed by atoms with E-state index in [9.17, 15) is 18.0 Å². The van der Waals surface area contributed by atoms with Gasteiger partial charge in [-0.3, -0.25) is 23.1 Å². The molecule has 3 rings (SSSR count). The number of benzene rings is 1. The Morgan fingerprint density at radius 2 is 1.03 bits per heavy atom. The van der Waals surface area contributed by atoms with Crippen LogP contribution in [-0.2, 0) is 45.5 Å². The summed E-state index contributed by atoms with van der Waals surface area (Å²) in [5.74, 6) is 0.511. The molecule has 12 nitrogen and oxygen atoms in total. The molecule has 0 aliphatic rings. The SMILES string of the molecule is CCCCCCCCCCCCOS(=O)CCCC(=O)Nc1cc(NC(=O)CCCS(=O)OCCCCCCCCCCCC)cc(-c2nc3cc(C(C)(C)C)[nH]n3n2)c1. The van der Waals surface area contributed by atoms with Crippen LogP contribution in [0.4, 0.5) is 11.4 Å². The molecule has 2 aromatic heterocycles. The number of nitrogens with one attached hydrogen (secondary N) is 3. The van der Waals surface area contributed by atoms with Crippen LogP contribution in [0.2, 0.25) is 0 Å². The number of amides is 2. The zero-order chi connectivity index (χ0) is 43.4. The normalized spacial score (nSPS) is 12.9. The maximum atomic E-state index is 13.0. The summed E-state index contributed by atoms with van der Waals surface area (Å²) in [6.45, 7) is 11.7. The molecule has 2 amide bonds. The van der Waals surface area contributed by atoms with Gasteiger partial charge in [-0.25, -0.2) is 13.4 Å². The van der Waals surface area contributed by atoms with Gasteiger partial charge in [0.25, 0.3) is 0 Å². The van der Waals surface area contributed by atoms with Gasteiger partial charge in [0, 0.05) is 47.0 Å². The summed E-state index contributed by atoms with van der Waals surface area (Å²) in [7, 11) is 0. The van der Waals surface area contributed by atoms with Crippen LogP contribution in [0.25, 0.3) is 17.0 Å². The van der Waals surface area contributed by atoms with E-state index in [1.54, 1.807) is 22.8 Å². The van der Waals surface area contributed by atoms with Crippen molar-refractivity contribution in [3.8, 4) is 11.4 Å². The monoisotopic (exact) mass is 875 g/mol. The molecule has 0 radical (unpaired) electrons. The number of carbonyl (C=O) groups is 2. The van der Waals surface area contributed by atoms with Gasteiger partial charge >= 0.3 is 0 Å². The highest BCUT2D eigenvalue weighted by atomic mass is 32.2. The van der Waals surface area contributed by atoms with Crippen molar-refractivity contribution >= 4 is 51.0 Å². The Labute approximate surface area is 366 Å². The van der Waals surface area contributed by atoms with Crippen molar-refractivity contribution in [1.29, 1.82) is 0 Å². The van der Waals surface area contributed by atoms with Crippen LogP contribution in [0.5, 0.6) is 0 Å². The number of anilines is 2. The molecule has 3 aromatic rings. The van der Waals surface area contributed by atoms with E-state index in [4.69, 9.17) is 13.4 Å². The van der Waals surface area contributed by atoms with Crippen LogP contribution < -0.4 is 10.6 Å². The Morgan fingerprint density at radius 3 is 1.43 bits per heavy atom. The van der Waals surface area contributed by atoms with Crippen molar-refractivity contribution in [2.45, 2.75) is 194 Å². The summed E-state index contributed by atoms with van der Waals surface area (Å²) in [5, 5.41) is 13.8. The Morgan fingerprint density at radius 1 is 0.617 bits per heavy atom. The molecular weight excluding hydrogens is 797 g/mol. The van der Waals surface area contributed by atoms with Crippen LogP contribution in [0.15, 0.2) is 24.3 Å². The van der Waals surface area contributed by atoms with Gasteiger partial charge in [0.2, 0.25) is 11.8 Å². The predicted octanol–water partition coefficient (Wildman–Crippen LogP) is 11.7. The Kier molecular flexibility index (Phi) is 25.8. The lowest BCUT2D eigenvalue weighted by Crippen LogP contribution is -2.15. The molecule has 0 spiro atoms. The third-order valence-electron chi connectivity index (χ3n) is 10.6. The fourth-order valence-electron chi connectivity index (χ4n) is 6.93. The summed E-state index contributed by atoms with van der Waals surface area (Å²) in [5.41, 5.74) is 3.10. The van der Waals surface area contributed by atoms with Crippen molar-refractivity contribution in [3.63, 3.8) is 0 Å². The van der Waals surface area contributed by atoms with Gasteiger partial charge in [-0.1, -0.05) is 150 Å². The largest absolute Gasteiger partial charge is 0.326 e.